The predicted octanol–water partition coefficient (Wildman–Crippen LogP) is 3.41. The van der Waals surface area contributed by atoms with E-state index in [9.17, 15) is 4.57 Å². The fraction of sp³-hybridized carbons (Fsp3) is 0.667. The maximum atomic E-state index is 12.8. The van der Waals surface area contributed by atoms with Crippen molar-refractivity contribution in [3.05, 3.63) is 23.7 Å². The Morgan fingerprint density at radius 2 is 1.83 bits per heavy atom. The lowest BCUT2D eigenvalue weighted by Gasteiger charge is -2.29. The molecular weight excluding hydrogens is 253 g/mol. The second kappa shape index (κ2) is 6.53. The summed E-state index contributed by atoms with van der Waals surface area (Å²) in [6.07, 6.45) is 0. The Hall–Kier alpha value is -0.610. The molecule has 18 heavy (non-hydrogen) atoms. The third-order valence-corrected chi connectivity index (χ3v) is 4.97. The Morgan fingerprint density at radius 1 is 1.28 bits per heavy atom. The van der Waals surface area contributed by atoms with E-state index >= 15 is 0 Å². The Balaban J connectivity index is 3.13. The minimum atomic E-state index is -3.26. The fourth-order valence-electron chi connectivity index (χ4n) is 1.82. The summed E-state index contributed by atoms with van der Waals surface area (Å²) in [6, 6.07) is 3.65. The number of nitrogens with zero attached hydrogens (tertiary/aromatic N) is 1. The lowest BCUT2D eigenvalue weighted by Crippen LogP contribution is -2.22. The van der Waals surface area contributed by atoms with Gasteiger partial charge in [-0.2, -0.15) is 0 Å². The third kappa shape index (κ3) is 3.45. The minimum Gasteiger partial charge on any atom is -0.464 e. The summed E-state index contributed by atoms with van der Waals surface area (Å²) < 4.78 is 29.2. The van der Waals surface area contributed by atoms with Crippen molar-refractivity contribution in [2.45, 2.75) is 26.6 Å². The Morgan fingerprint density at radius 3 is 2.17 bits per heavy atom. The van der Waals surface area contributed by atoms with Gasteiger partial charge in [-0.25, -0.2) is 0 Å². The third-order valence-electron chi connectivity index (χ3n) is 2.42. The first-order valence-electron chi connectivity index (χ1n) is 6.06. The first-order valence-corrected chi connectivity index (χ1v) is 7.67. The van der Waals surface area contributed by atoms with Crippen molar-refractivity contribution in [1.29, 1.82) is 0 Å². The summed E-state index contributed by atoms with van der Waals surface area (Å²) in [5.74, 6) is 0.852. The van der Waals surface area contributed by atoms with E-state index in [2.05, 4.69) is 0 Å². The first kappa shape index (κ1) is 15.4. The molecule has 0 fully saturated rings. The first-order chi connectivity index (χ1) is 8.44. The largest absolute Gasteiger partial charge is 0.464 e. The molecule has 1 aromatic heterocycles. The highest BCUT2D eigenvalue weighted by atomic mass is 31.2. The van der Waals surface area contributed by atoms with Crippen LogP contribution < -0.4 is 0 Å². The topological polar surface area (TPSA) is 51.9 Å². The van der Waals surface area contributed by atoms with Gasteiger partial charge in [0.2, 0.25) is 0 Å². The highest BCUT2D eigenvalue weighted by Gasteiger charge is 2.40. The molecule has 1 rings (SSSR count). The van der Waals surface area contributed by atoms with Crippen LogP contribution in [0.3, 0.4) is 0 Å². The number of hydrogen-bond acceptors (Lipinski definition) is 5. The van der Waals surface area contributed by atoms with Crippen LogP contribution in [0.1, 0.15) is 31.2 Å². The van der Waals surface area contributed by atoms with Crippen LogP contribution in [-0.2, 0) is 13.6 Å². The van der Waals surface area contributed by atoms with Crippen molar-refractivity contribution >= 4 is 7.60 Å². The van der Waals surface area contributed by atoms with E-state index in [0.717, 1.165) is 5.76 Å². The quantitative estimate of drug-likeness (QED) is 0.714. The Bertz CT molecular complexity index is 406. The van der Waals surface area contributed by atoms with E-state index in [4.69, 9.17) is 13.5 Å². The molecule has 0 bridgehead atoms. The molecule has 0 amide bonds. The smallest absolute Gasteiger partial charge is 0.355 e. The molecule has 6 heteroatoms. The molecule has 0 aromatic carbocycles. The molecule has 0 saturated carbocycles. The van der Waals surface area contributed by atoms with Gasteiger partial charge in [-0.3, -0.25) is 9.46 Å². The molecule has 0 spiro atoms. The van der Waals surface area contributed by atoms with Gasteiger partial charge in [0.25, 0.3) is 0 Å². The molecule has 1 heterocycles. The second-order valence-corrected chi connectivity index (χ2v) is 6.25. The Kier molecular flexibility index (Phi) is 5.60. The molecule has 0 radical (unpaired) electrons. The number of hydrogen-bond donors (Lipinski definition) is 0. The highest BCUT2D eigenvalue weighted by Crippen LogP contribution is 2.61. The average Bonchev–Trinajstić information content (AvgIpc) is 2.64. The molecule has 1 aromatic rings. The van der Waals surface area contributed by atoms with Crippen molar-refractivity contribution in [1.82, 2.24) is 4.90 Å². The summed E-state index contributed by atoms with van der Waals surface area (Å²) >= 11 is 0. The molecule has 5 nitrogen and oxygen atoms in total. The summed E-state index contributed by atoms with van der Waals surface area (Å²) in [5.41, 5.74) is 0. The van der Waals surface area contributed by atoms with Crippen LogP contribution in [0.5, 0.6) is 0 Å². The number of rotatable bonds is 7. The van der Waals surface area contributed by atoms with Gasteiger partial charge >= 0.3 is 7.60 Å². The molecule has 0 aliphatic heterocycles. The van der Waals surface area contributed by atoms with E-state index in [0.29, 0.717) is 19.0 Å². The van der Waals surface area contributed by atoms with E-state index in [1.807, 2.05) is 33.2 Å². The van der Waals surface area contributed by atoms with Gasteiger partial charge in [0.15, 0.2) is 5.78 Å². The normalized spacial score (nSPS) is 14.1. The summed E-state index contributed by atoms with van der Waals surface area (Å²) in [7, 11) is 0.391. The van der Waals surface area contributed by atoms with Crippen LogP contribution in [0.15, 0.2) is 16.5 Å². The zero-order valence-electron chi connectivity index (χ0n) is 11.7. The lowest BCUT2D eigenvalue weighted by molar-refractivity contribution is 0.179. The van der Waals surface area contributed by atoms with Gasteiger partial charge in [0.05, 0.1) is 13.2 Å². The molecule has 104 valence electrons. The zero-order valence-corrected chi connectivity index (χ0v) is 12.6. The van der Waals surface area contributed by atoms with Gasteiger partial charge < -0.3 is 13.5 Å². The fourth-order valence-corrected chi connectivity index (χ4v) is 3.92. The van der Waals surface area contributed by atoms with Crippen LogP contribution in [-0.4, -0.2) is 32.2 Å². The van der Waals surface area contributed by atoms with E-state index in [1.54, 1.807) is 18.7 Å². The van der Waals surface area contributed by atoms with Crippen molar-refractivity contribution in [2.75, 3.05) is 27.3 Å². The SMILES string of the molecule is CCOP(=O)(OCC)C(c1ccc(C)o1)N(C)C. The molecule has 0 N–H and O–H groups in total. The highest BCUT2D eigenvalue weighted by molar-refractivity contribution is 7.54. The lowest BCUT2D eigenvalue weighted by atomic mass is 10.4. The van der Waals surface area contributed by atoms with Crippen LogP contribution >= 0.6 is 7.60 Å². The van der Waals surface area contributed by atoms with Crippen molar-refractivity contribution in [3.8, 4) is 0 Å². The van der Waals surface area contributed by atoms with Crippen molar-refractivity contribution in [2.24, 2.45) is 0 Å². The van der Waals surface area contributed by atoms with Crippen LogP contribution in [0.25, 0.3) is 0 Å². The minimum absolute atomic E-state index is 0.335. The summed E-state index contributed by atoms with van der Waals surface area (Å²) in [5, 5.41) is 0. The predicted molar refractivity (Wildman–Crippen MR) is 70.7 cm³/mol. The van der Waals surface area contributed by atoms with E-state index in [-0.39, 0.29) is 0 Å². The van der Waals surface area contributed by atoms with Gasteiger partial charge in [0, 0.05) is 0 Å². The number of furan rings is 1. The van der Waals surface area contributed by atoms with Gasteiger partial charge in [-0.1, -0.05) is 0 Å². The maximum absolute atomic E-state index is 12.8. The summed E-state index contributed by atoms with van der Waals surface area (Å²) in [4.78, 5) is 1.80. The number of aryl methyl sites for hydroxylation is 1. The summed E-state index contributed by atoms with van der Waals surface area (Å²) in [6.45, 7) is 6.11. The van der Waals surface area contributed by atoms with Gasteiger partial charge in [-0.05, 0) is 47.0 Å². The molecule has 1 atom stereocenters. The van der Waals surface area contributed by atoms with Gasteiger partial charge in [0.1, 0.15) is 11.5 Å². The van der Waals surface area contributed by atoms with Crippen LogP contribution in [0, 0.1) is 6.92 Å². The molecule has 0 aliphatic carbocycles. The zero-order chi connectivity index (χ0) is 13.8. The van der Waals surface area contributed by atoms with Crippen molar-refractivity contribution < 1.29 is 18.0 Å². The average molecular weight is 275 g/mol. The van der Waals surface area contributed by atoms with Crippen LogP contribution in [0.2, 0.25) is 0 Å². The Labute approximate surface area is 109 Å². The second-order valence-electron chi connectivity index (χ2n) is 4.16. The molecular formula is C12H22NO4P. The van der Waals surface area contributed by atoms with Crippen LogP contribution in [0.4, 0.5) is 0 Å². The maximum Gasteiger partial charge on any atom is 0.355 e. The van der Waals surface area contributed by atoms with E-state index < -0.39 is 13.4 Å². The van der Waals surface area contributed by atoms with Crippen molar-refractivity contribution in [3.63, 3.8) is 0 Å². The van der Waals surface area contributed by atoms with Gasteiger partial charge in [-0.15, -0.1) is 0 Å². The van der Waals surface area contributed by atoms with E-state index in [1.165, 1.54) is 0 Å². The molecule has 0 aliphatic rings. The molecule has 1 unspecified atom stereocenters. The molecule has 0 saturated heterocycles. The monoisotopic (exact) mass is 275 g/mol. The standard InChI is InChI=1S/C12H22NO4P/c1-6-15-18(14,16-7-2)12(13(4)5)11-9-8-10(3)17-11/h8-9,12H,6-7H2,1-5H3.